The molecule has 0 aromatic heterocycles. The Morgan fingerprint density at radius 3 is 2.36 bits per heavy atom. The van der Waals surface area contributed by atoms with Crippen molar-refractivity contribution < 1.29 is 4.74 Å². The van der Waals surface area contributed by atoms with E-state index in [1.165, 1.54) is 4.74 Å². The van der Waals surface area contributed by atoms with Gasteiger partial charge in [-0.1, -0.05) is 18.2 Å². The van der Waals surface area contributed by atoms with Crippen LogP contribution in [0.3, 0.4) is 0 Å². The first-order valence-electron chi connectivity index (χ1n) is 5.00. The summed E-state index contributed by atoms with van der Waals surface area (Å²) in [6, 6.07) is 9.92. The lowest BCUT2D eigenvalue weighted by molar-refractivity contribution is -0.530. The van der Waals surface area contributed by atoms with Crippen LogP contribution >= 0.6 is 0 Å². The van der Waals surface area contributed by atoms with E-state index >= 15 is 0 Å². The molecule has 2 heteroatoms. The van der Waals surface area contributed by atoms with Crippen molar-refractivity contribution >= 4 is 5.71 Å². The first-order chi connectivity index (χ1) is 6.61. The molecule has 0 bridgehead atoms. The third-order valence-electron chi connectivity index (χ3n) is 2.88. The molecule has 0 atom stereocenters. The molecule has 0 aliphatic carbocycles. The Morgan fingerprint density at radius 2 is 1.86 bits per heavy atom. The number of nitrogens with zero attached hydrogens (tertiary/aromatic N) is 1. The molecule has 14 heavy (non-hydrogen) atoms. The van der Waals surface area contributed by atoms with Gasteiger partial charge in [0.2, 0.25) is 0 Å². The van der Waals surface area contributed by atoms with Crippen molar-refractivity contribution in [3.05, 3.63) is 41.1 Å². The highest BCUT2D eigenvalue weighted by molar-refractivity contribution is 5.97. The average molecular weight is 189 g/mol. The largest absolute Gasteiger partial charge is 0.623 e. The Balaban J connectivity index is 2.42. The van der Waals surface area contributed by atoms with Crippen molar-refractivity contribution in [1.29, 1.82) is 0 Å². The smallest absolute Gasteiger partial charge is 0.195 e. The summed E-state index contributed by atoms with van der Waals surface area (Å²) in [5.41, 5.74) is 1.76. The van der Waals surface area contributed by atoms with Gasteiger partial charge in [0.05, 0.1) is 0 Å². The molecule has 1 aliphatic rings. The maximum absolute atomic E-state index is 11.9. The number of hydrogen-bond donors (Lipinski definition) is 0. The molecule has 2 nitrogen and oxygen atoms in total. The maximum atomic E-state index is 11.9. The highest BCUT2D eigenvalue weighted by atomic mass is 16.5. The van der Waals surface area contributed by atoms with Gasteiger partial charge in [0.15, 0.2) is 11.3 Å². The van der Waals surface area contributed by atoms with Gasteiger partial charge >= 0.3 is 0 Å². The van der Waals surface area contributed by atoms with Crippen LogP contribution in [-0.4, -0.2) is 16.0 Å². The molecular formula is C12H15NO. The predicted octanol–water partition coefficient (Wildman–Crippen LogP) is 2.56. The van der Waals surface area contributed by atoms with E-state index < -0.39 is 0 Å². The summed E-state index contributed by atoms with van der Waals surface area (Å²) in [7, 11) is 0. The summed E-state index contributed by atoms with van der Waals surface area (Å²) >= 11 is 0. The second-order valence-electron chi connectivity index (χ2n) is 4.42. The Kier molecular flexibility index (Phi) is 2.06. The number of hydroxylamine groups is 1. The van der Waals surface area contributed by atoms with E-state index in [0.717, 1.165) is 24.1 Å². The van der Waals surface area contributed by atoms with Gasteiger partial charge < -0.3 is 5.21 Å². The van der Waals surface area contributed by atoms with Crippen LogP contribution < -0.4 is 0 Å². The maximum Gasteiger partial charge on any atom is 0.195 e. The van der Waals surface area contributed by atoms with Gasteiger partial charge in [-0.05, 0) is 12.1 Å². The van der Waals surface area contributed by atoms with E-state index in [4.69, 9.17) is 0 Å². The zero-order valence-corrected chi connectivity index (χ0v) is 8.66. The standard InChI is InChI=1S/C12H15NO/c1-12(2)9-8-11(13(12)14)10-6-4-3-5-7-10/h3-7H,8-9H2,1-2H3. The third kappa shape index (κ3) is 1.41. The molecule has 0 unspecified atom stereocenters. The van der Waals surface area contributed by atoms with Crippen LogP contribution in [0, 0.1) is 5.21 Å². The lowest BCUT2D eigenvalue weighted by Crippen LogP contribution is -2.29. The highest BCUT2D eigenvalue weighted by Gasteiger charge is 2.36. The van der Waals surface area contributed by atoms with Gasteiger partial charge in [-0.25, -0.2) is 4.74 Å². The lowest BCUT2D eigenvalue weighted by Gasteiger charge is -2.18. The quantitative estimate of drug-likeness (QED) is 0.492. The molecule has 0 amide bonds. The van der Waals surface area contributed by atoms with Crippen molar-refractivity contribution in [2.75, 3.05) is 0 Å². The Hall–Kier alpha value is -1.31. The highest BCUT2D eigenvalue weighted by Crippen LogP contribution is 2.26. The van der Waals surface area contributed by atoms with Crippen LogP contribution in [0.4, 0.5) is 0 Å². The SMILES string of the molecule is CC1(C)CCC(c2ccccc2)=[N+]1[O-]. The van der Waals surface area contributed by atoms with Gasteiger partial charge in [-0.15, -0.1) is 0 Å². The summed E-state index contributed by atoms with van der Waals surface area (Å²) in [5, 5.41) is 11.9. The molecule has 74 valence electrons. The zero-order valence-electron chi connectivity index (χ0n) is 8.66. The van der Waals surface area contributed by atoms with Crippen molar-refractivity contribution in [3.63, 3.8) is 0 Å². The van der Waals surface area contributed by atoms with Crippen molar-refractivity contribution in [2.24, 2.45) is 0 Å². The summed E-state index contributed by atoms with van der Waals surface area (Å²) in [6.07, 6.45) is 1.83. The topological polar surface area (TPSA) is 26.1 Å². The van der Waals surface area contributed by atoms with Crippen LogP contribution in [0.1, 0.15) is 32.3 Å². The fourth-order valence-electron chi connectivity index (χ4n) is 1.88. The zero-order chi connectivity index (χ0) is 10.2. The summed E-state index contributed by atoms with van der Waals surface area (Å²) < 4.78 is 1.17. The van der Waals surface area contributed by atoms with E-state index in [9.17, 15) is 5.21 Å². The molecule has 1 aromatic carbocycles. The summed E-state index contributed by atoms with van der Waals surface area (Å²) in [6.45, 7) is 3.99. The van der Waals surface area contributed by atoms with Gasteiger partial charge in [-0.2, -0.15) is 0 Å². The fraction of sp³-hybridized carbons (Fsp3) is 0.417. The Morgan fingerprint density at radius 1 is 1.21 bits per heavy atom. The predicted molar refractivity (Wildman–Crippen MR) is 57.5 cm³/mol. The number of benzene rings is 1. The van der Waals surface area contributed by atoms with Crippen molar-refractivity contribution in [2.45, 2.75) is 32.2 Å². The number of hydrogen-bond acceptors (Lipinski definition) is 1. The van der Waals surface area contributed by atoms with E-state index in [-0.39, 0.29) is 5.54 Å². The van der Waals surface area contributed by atoms with Crippen LogP contribution in [0.2, 0.25) is 0 Å². The van der Waals surface area contributed by atoms with Gasteiger partial charge in [-0.3, -0.25) is 0 Å². The molecule has 1 aromatic rings. The minimum absolute atomic E-state index is 0.231. The minimum atomic E-state index is -0.231. The molecule has 1 aliphatic heterocycles. The third-order valence-corrected chi connectivity index (χ3v) is 2.88. The van der Waals surface area contributed by atoms with E-state index in [2.05, 4.69) is 0 Å². The Labute approximate surface area is 84.5 Å². The van der Waals surface area contributed by atoms with Crippen molar-refractivity contribution in [1.82, 2.24) is 0 Å². The first-order valence-corrected chi connectivity index (χ1v) is 5.00. The van der Waals surface area contributed by atoms with Crippen LogP contribution in [0.5, 0.6) is 0 Å². The van der Waals surface area contributed by atoms with Gasteiger partial charge in [0.25, 0.3) is 0 Å². The monoisotopic (exact) mass is 189 g/mol. The minimum Gasteiger partial charge on any atom is -0.623 e. The second kappa shape index (κ2) is 3.12. The molecular weight excluding hydrogens is 174 g/mol. The fourth-order valence-corrected chi connectivity index (χ4v) is 1.88. The van der Waals surface area contributed by atoms with E-state index in [1.807, 2.05) is 44.2 Å². The van der Waals surface area contributed by atoms with Gasteiger partial charge in [0.1, 0.15) is 0 Å². The van der Waals surface area contributed by atoms with E-state index in [1.54, 1.807) is 0 Å². The lowest BCUT2D eigenvalue weighted by atomic mass is 10.0. The molecule has 0 saturated carbocycles. The Bertz CT molecular complexity index is 365. The molecule has 0 N–H and O–H groups in total. The second-order valence-corrected chi connectivity index (χ2v) is 4.42. The summed E-state index contributed by atoms with van der Waals surface area (Å²) in [5.74, 6) is 0. The molecule has 0 radical (unpaired) electrons. The average Bonchev–Trinajstić information content (AvgIpc) is 2.44. The van der Waals surface area contributed by atoms with Crippen LogP contribution in [0.25, 0.3) is 0 Å². The van der Waals surface area contributed by atoms with E-state index in [0.29, 0.717) is 0 Å². The number of rotatable bonds is 1. The molecule has 0 saturated heterocycles. The molecule has 2 rings (SSSR count). The molecule has 0 spiro atoms. The van der Waals surface area contributed by atoms with Gasteiger partial charge in [0, 0.05) is 32.3 Å². The van der Waals surface area contributed by atoms with Crippen molar-refractivity contribution in [3.8, 4) is 0 Å². The van der Waals surface area contributed by atoms with Crippen LogP contribution in [0.15, 0.2) is 30.3 Å². The first kappa shape index (κ1) is 9.25. The summed E-state index contributed by atoms with van der Waals surface area (Å²) in [4.78, 5) is 0. The van der Waals surface area contributed by atoms with Crippen LogP contribution in [-0.2, 0) is 0 Å². The molecule has 0 fully saturated rings. The normalized spacial score (nSPS) is 20.1. The molecule has 1 heterocycles.